The second-order valence-electron chi connectivity index (χ2n) is 6.04. The Labute approximate surface area is 148 Å². The van der Waals surface area contributed by atoms with E-state index >= 15 is 0 Å². The molecular weight excluding hydrogens is 318 g/mol. The molecule has 0 radical (unpaired) electrons. The molecule has 132 valence electrons. The molecule has 25 heavy (non-hydrogen) atoms. The largest absolute Gasteiger partial charge is 0.481 e. The fraction of sp³-hybridized carbons (Fsp3) is 0.300. The average molecular weight is 341 g/mol. The van der Waals surface area contributed by atoms with Crippen LogP contribution in [0.2, 0.25) is 0 Å². The summed E-state index contributed by atoms with van der Waals surface area (Å²) in [6.07, 6.45) is -0.678. The van der Waals surface area contributed by atoms with E-state index in [1.165, 1.54) is 7.11 Å². The molecule has 5 heteroatoms. The average Bonchev–Trinajstić information content (AvgIpc) is 2.55. The maximum absolute atomic E-state index is 12.4. The molecule has 0 aliphatic rings. The first-order chi connectivity index (χ1) is 11.8. The van der Waals surface area contributed by atoms with E-state index in [0.29, 0.717) is 22.6 Å². The highest BCUT2D eigenvalue weighted by Gasteiger charge is 2.18. The predicted molar refractivity (Wildman–Crippen MR) is 97.2 cm³/mol. The summed E-state index contributed by atoms with van der Waals surface area (Å²) in [4.78, 5) is 24.2. The van der Waals surface area contributed by atoms with Crippen LogP contribution in [-0.2, 0) is 9.53 Å². The van der Waals surface area contributed by atoms with Crippen molar-refractivity contribution in [3.8, 4) is 5.75 Å². The Balaban J connectivity index is 2.12. The lowest BCUT2D eigenvalue weighted by molar-refractivity contribution is -0.122. The van der Waals surface area contributed by atoms with Crippen molar-refractivity contribution in [2.45, 2.75) is 33.8 Å². The van der Waals surface area contributed by atoms with E-state index in [9.17, 15) is 9.59 Å². The van der Waals surface area contributed by atoms with Gasteiger partial charge in [-0.3, -0.25) is 4.79 Å². The normalized spacial score (nSPS) is 11.6. The SMILES string of the molecule is COC(=O)c1cccc(NC(=O)[C@H](C)Oc2cc(C)cc(C)c2)c1C. The molecule has 1 amide bonds. The number of amides is 1. The predicted octanol–water partition coefficient (Wildman–Crippen LogP) is 3.80. The first kappa shape index (κ1) is 18.5. The third kappa shape index (κ3) is 4.59. The fourth-order valence-corrected chi connectivity index (χ4v) is 2.60. The second kappa shape index (κ2) is 7.83. The molecule has 1 N–H and O–H groups in total. The van der Waals surface area contributed by atoms with Gasteiger partial charge < -0.3 is 14.8 Å². The Bertz CT molecular complexity index is 778. The van der Waals surface area contributed by atoms with Gasteiger partial charge in [-0.2, -0.15) is 0 Å². The third-order valence-electron chi connectivity index (χ3n) is 3.87. The Kier molecular flexibility index (Phi) is 5.80. The second-order valence-corrected chi connectivity index (χ2v) is 6.04. The van der Waals surface area contributed by atoms with Crippen LogP contribution in [0.5, 0.6) is 5.75 Å². The van der Waals surface area contributed by atoms with Crippen LogP contribution in [0.1, 0.15) is 34.0 Å². The minimum atomic E-state index is -0.678. The van der Waals surface area contributed by atoms with Gasteiger partial charge in [-0.15, -0.1) is 0 Å². The van der Waals surface area contributed by atoms with Crippen molar-refractivity contribution in [1.29, 1.82) is 0 Å². The van der Waals surface area contributed by atoms with Crippen LogP contribution in [0.15, 0.2) is 36.4 Å². The molecule has 5 nitrogen and oxygen atoms in total. The maximum Gasteiger partial charge on any atom is 0.338 e. The molecule has 0 unspecified atom stereocenters. The molecule has 2 aromatic carbocycles. The number of anilines is 1. The van der Waals surface area contributed by atoms with Gasteiger partial charge in [-0.05, 0) is 68.7 Å². The summed E-state index contributed by atoms with van der Waals surface area (Å²) in [5.74, 6) is -0.0717. The van der Waals surface area contributed by atoms with E-state index in [0.717, 1.165) is 11.1 Å². The molecule has 0 bridgehead atoms. The standard InChI is InChI=1S/C20H23NO4/c1-12-9-13(2)11-16(10-12)25-15(4)19(22)21-18-8-6-7-17(14(18)3)20(23)24-5/h6-11,15H,1-5H3,(H,21,22)/t15-/m0/s1. The summed E-state index contributed by atoms with van der Waals surface area (Å²) >= 11 is 0. The summed E-state index contributed by atoms with van der Waals surface area (Å²) in [5.41, 5.74) is 3.78. The highest BCUT2D eigenvalue weighted by molar-refractivity contribution is 5.98. The minimum Gasteiger partial charge on any atom is -0.481 e. The highest BCUT2D eigenvalue weighted by Crippen LogP contribution is 2.21. The summed E-state index contributed by atoms with van der Waals surface area (Å²) in [7, 11) is 1.33. The zero-order chi connectivity index (χ0) is 18.6. The van der Waals surface area contributed by atoms with Crippen molar-refractivity contribution in [3.63, 3.8) is 0 Å². The topological polar surface area (TPSA) is 64.6 Å². The van der Waals surface area contributed by atoms with Crippen LogP contribution in [0.4, 0.5) is 5.69 Å². The van der Waals surface area contributed by atoms with Crippen LogP contribution in [0.25, 0.3) is 0 Å². The van der Waals surface area contributed by atoms with Crippen LogP contribution in [0, 0.1) is 20.8 Å². The van der Waals surface area contributed by atoms with Crippen LogP contribution < -0.4 is 10.1 Å². The fourth-order valence-electron chi connectivity index (χ4n) is 2.60. The molecule has 2 aromatic rings. The van der Waals surface area contributed by atoms with Crippen molar-refractivity contribution in [2.75, 3.05) is 12.4 Å². The molecule has 0 heterocycles. The lowest BCUT2D eigenvalue weighted by Gasteiger charge is -2.17. The van der Waals surface area contributed by atoms with Crippen molar-refractivity contribution < 1.29 is 19.1 Å². The molecule has 0 fully saturated rings. The first-order valence-electron chi connectivity index (χ1n) is 8.05. The molecule has 0 spiro atoms. The number of carbonyl (C=O) groups excluding carboxylic acids is 2. The maximum atomic E-state index is 12.4. The Hall–Kier alpha value is -2.82. The van der Waals surface area contributed by atoms with Gasteiger partial charge in [0, 0.05) is 5.69 Å². The van der Waals surface area contributed by atoms with Crippen molar-refractivity contribution in [1.82, 2.24) is 0 Å². The minimum absolute atomic E-state index is 0.288. The number of esters is 1. The van der Waals surface area contributed by atoms with Gasteiger partial charge in [0.1, 0.15) is 5.75 Å². The quantitative estimate of drug-likeness (QED) is 0.840. The number of benzene rings is 2. The molecule has 0 aliphatic carbocycles. The number of carbonyl (C=O) groups is 2. The van der Waals surface area contributed by atoms with Gasteiger partial charge in [-0.1, -0.05) is 12.1 Å². The Morgan fingerprint density at radius 3 is 2.28 bits per heavy atom. The van der Waals surface area contributed by atoms with Crippen molar-refractivity contribution in [3.05, 3.63) is 58.7 Å². The van der Waals surface area contributed by atoms with E-state index in [1.54, 1.807) is 32.0 Å². The highest BCUT2D eigenvalue weighted by atomic mass is 16.5. The molecule has 0 saturated carbocycles. The van der Waals surface area contributed by atoms with Gasteiger partial charge in [0.15, 0.2) is 6.10 Å². The van der Waals surface area contributed by atoms with Gasteiger partial charge in [-0.25, -0.2) is 4.79 Å². The molecule has 0 aromatic heterocycles. The molecule has 0 aliphatic heterocycles. The zero-order valence-electron chi connectivity index (χ0n) is 15.2. The van der Waals surface area contributed by atoms with Gasteiger partial charge in [0.05, 0.1) is 12.7 Å². The Morgan fingerprint density at radius 2 is 1.68 bits per heavy atom. The van der Waals surface area contributed by atoms with E-state index in [4.69, 9.17) is 9.47 Å². The lowest BCUT2D eigenvalue weighted by atomic mass is 10.1. The number of hydrogen-bond acceptors (Lipinski definition) is 4. The number of hydrogen-bond donors (Lipinski definition) is 1. The number of ether oxygens (including phenoxy) is 2. The summed E-state index contributed by atoms with van der Waals surface area (Å²) in [6.45, 7) is 7.41. The smallest absolute Gasteiger partial charge is 0.338 e. The van der Waals surface area contributed by atoms with E-state index in [1.807, 2.05) is 32.0 Å². The third-order valence-corrected chi connectivity index (χ3v) is 3.87. The van der Waals surface area contributed by atoms with E-state index in [2.05, 4.69) is 5.32 Å². The summed E-state index contributed by atoms with van der Waals surface area (Å²) in [6, 6.07) is 10.9. The van der Waals surface area contributed by atoms with E-state index < -0.39 is 12.1 Å². The summed E-state index contributed by atoms with van der Waals surface area (Å²) in [5, 5.41) is 2.81. The first-order valence-corrected chi connectivity index (χ1v) is 8.05. The monoisotopic (exact) mass is 341 g/mol. The number of methoxy groups -OCH3 is 1. The molecule has 2 rings (SSSR count). The number of aryl methyl sites for hydroxylation is 2. The number of rotatable bonds is 5. The number of nitrogens with one attached hydrogen (secondary N) is 1. The molecule has 1 atom stereocenters. The van der Waals surface area contributed by atoms with Gasteiger partial charge >= 0.3 is 5.97 Å². The Morgan fingerprint density at radius 1 is 1.04 bits per heavy atom. The van der Waals surface area contributed by atoms with Gasteiger partial charge in [0.25, 0.3) is 5.91 Å². The van der Waals surface area contributed by atoms with Crippen LogP contribution >= 0.6 is 0 Å². The van der Waals surface area contributed by atoms with Gasteiger partial charge in [0.2, 0.25) is 0 Å². The van der Waals surface area contributed by atoms with Crippen molar-refractivity contribution in [2.24, 2.45) is 0 Å². The summed E-state index contributed by atoms with van der Waals surface area (Å²) < 4.78 is 10.5. The van der Waals surface area contributed by atoms with Crippen LogP contribution in [-0.4, -0.2) is 25.1 Å². The van der Waals surface area contributed by atoms with E-state index in [-0.39, 0.29) is 5.91 Å². The molecule has 0 saturated heterocycles. The van der Waals surface area contributed by atoms with Crippen molar-refractivity contribution >= 4 is 17.6 Å². The van der Waals surface area contributed by atoms with Crippen LogP contribution in [0.3, 0.4) is 0 Å². The lowest BCUT2D eigenvalue weighted by Crippen LogP contribution is -2.30. The zero-order valence-corrected chi connectivity index (χ0v) is 15.2. The molecular formula is C20H23NO4.